The second kappa shape index (κ2) is 6.57. The minimum atomic E-state index is -0.797. The Balaban J connectivity index is 2.69. The first kappa shape index (κ1) is 15.5. The Labute approximate surface area is 114 Å². The maximum Gasteiger partial charge on any atom is 0.310 e. The van der Waals surface area contributed by atoms with Gasteiger partial charge in [-0.1, -0.05) is 19.1 Å². The monoisotopic (exact) mass is 265 g/mol. The first-order valence-electron chi connectivity index (χ1n) is 6.50. The van der Waals surface area contributed by atoms with E-state index >= 15 is 0 Å². The smallest absolute Gasteiger partial charge is 0.310 e. The van der Waals surface area contributed by atoms with Crippen molar-refractivity contribution >= 4 is 5.97 Å². The first-order chi connectivity index (χ1) is 8.90. The number of hydrogen-bond acceptors (Lipinski definition) is 3. The zero-order valence-corrected chi connectivity index (χ0v) is 12.1. The number of carboxylic acids is 1. The van der Waals surface area contributed by atoms with Crippen LogP contribution in [0.5, 0.6) is 5.75 Å². The molecule has 1 rings (SSSR count). The fourth-order valence-electron chi connectivity index (χ4n) is 1.78. The summed E-state index contributed by atoms with van der Waals surface area (Å²) < 4.78 is 5.32. The third-order valence-corrected chi connectivity index (χ3v) is 3.21. The van der Waals surface area contributed by atoms with E-state index in [1.54, 1.807) is 21.0 Å². The van der Waals surface area contributed by atoms with Gasteiger partial charge >= 0.3 is 5.97 Å². The number of hydrogen-bond donors (Lipinski definition) is 2. The largest absolute Gasteiger partial charge is 0.496 e. The lowest BCUT2D eigenvalue weighted by atomic mass is 9.94. The van der Waals surface area contributed by atoms with Gasteiger partial charge in [0.1, 0.15) is 5.75 Å². The topological polar surface area (TPSA) is 58.6 Å². The zero-order chi connectivity index (χ0) is 14.5. The molecule has 0 spiro atoms. The fourth-order valence-corrected chi connectivity index (χ4v) is 1.78. The van der Waals surface area contributed by atoms with Crippen molar-refractivity contribution in [2.45, 2.75) is 33.7 Å². The normalized spacial score (nSPS) is 11.4. The summed E-state index contributed by atoms with van der Waals surface area (Å²) in [5.74, 6) is 0.0344. The number of rotatable bonds is 7. The number of carboxylic acid groups (broad SMARTS) is 1. The first-order valence-corrected chi connectivity index (χ1v) is 6.50. The van der Waals surface area contributed by atoms with Crippen LogP contribution in [0.25, 0.3) is 0 Å². The molecule has 0 heterocycles. The van der Waals surface area contributed by atoms with Crippen molar-refractivity contribution in [2.75, 3.05) is 13.7 Å². The van der Waals surface area contributed by atoms with Crippen LogP contribution in [0.15, 0.2) is 18.2 Å². The predicted molar refractivity (Wildman–Crippen MR) is 75.5 cm³/mol. The number of aryl methyl sites for hydroxylation is 1. The molecule has 1 aromatic carbocycles. The molecule has 4 heteroatoms. The van der Waals surface area contributed by atoms with E-state index in [0.717, 1.165) is 17.7 Å². The maximum absolute atomic E-state index is 11.0. The molecule has 0 aliphatic rings. The van der Waals surface area contributed by atoms with Crippen LogP contribution in [0.4, 0.5) is 0 Å². The van der Waals surface area contributed by atoms with Gasteiger partial charge in [-0.15, -0.1) is 0 Å². The van der Waals surface area contributed by atoms with E-state index in [4.69, 9.17) is 9.84 Å². The number of nitrogens with one attached hydrogen (secondary N) is 1. The van der Waals surface area contributed by atoms with Crippen molar-refractivity contribution in [3.8, 4) is 5.75 Å². The molecule has 0 amide bonds. The maximum atomic E-state index is 11.0. The third kappa shape index (κ3) is 4.24. The summed E-state index contributed by atoms with van der Waals surface area (Å²) in [6.07, 6.45) is 0.970. The molecule has 106 valence electrons. The van der Waals surface area contributed by atoms with Crippen LogP contribution >= 0.6 is 0 Å². The van der Waals surface area contributed by atoms with Gasteiger partial charge in [-0.05, 0) is 31.9 Å². The lowest BCUT2D eigenvalue weighted by Gasteiger charge is -2.20. The molecule has 19 heavy (non-hydrogen) atoms. The fraction of sp³-hybridized carbons (Fsp3) is 0.533. The lowest BCUT2D eigenvalue weighted by Crippen LogP contribution is -2.35. The van der Waals surface area contributed by atoms with E-state index in [1.807, 2.05) is 12.1 Å². The number of ether oxygens (including phenoxy) is 1. The van der Waals surface area contributed by atoms with Gasteiger partial charge in [0.2, 0.25) is 0 Å². The van der Waals surface area contributed by atoms with E-state index in [0.29, 0.717) is 13.1 Å². The molecule has 4 nitrogen and oxygen atoms in total. The Kier molecular flexibility index (Phi) is 5.36. The number of methoxy groups -OCH3 is 1. The van der Waals surface area contributed by atoms with Crippen molar-refractivity contribution in [1.29, 1.82) is 0 Å². The highest BCUT2D eigenvalue weighted by Crippen LogP contribution is 2.21. The third-order valence-electron chi connectivity index (χ3n) is 3.21. The van der Waals surface area contributed by atoms with Crippen molar-refractivity contribution in [2.24, 2.45) is 5.41 Å². The predicted octanol–water partition coefficient (Wildman–Crippen LogP) is 2.46. The Morgan fingerprint density at radius 2 is 2.11 bits per heavy atom. The molecule has 0 saturated carbocycles. The van der Waals surface area contributed by atoms with Crippen LogP contribution in [0.2, 0.25) is 0 Å². The summed E-state index contributed by atoms with van der Waals surface area (Å²) in [5, 5.41) is 12.2. The lowest BCUT2D eigenvalue weighted by molar-refractivity contribution is -0.146. The molecule has 0 aliphatic heterocycles. The average Bonchev–Trinajstić information content (AvgIpc) is 2.38. The molecule has 2 N–H and O–H groups in total. The molecular weight excluding hydrogens is 242 g/mol. The summed E-state index contributed by atoms with van der Waals surface area (Å²) in [5.41, 5.74) is 1.54. The van der Waals surface area contributed by atoms with Crippen molar-refractivity contribution < 1.29 is 14.6 Å². The van der Waals surface area contributed by atoms with Crippen LogP contribution < -0.4 is 10.1 Å². The summed E-state index contributed by atoms with van der Waals surface area (Å²) in [7, 11) is 1.64. The van der Waals surface area contributed by atoms with Crippen LogP contribution in [0.3, 0.4) is 0 Å². The van der Waals surface area contributed by atoms with Gasteiger partial charge in [0.05, 0.1) is 12.5 Å². The number of aliphatic carboxylic acids is 1. The molecule has 0 radical (unpaired) electrons. The molecule has 0 atom stereocenters. The molecule has 0 saturated heterocycles. The summed E-state index contributed by atoms with van der Waals surface area (Å²) in [6, 6.07) is 6.10. The Hall–Kier alpha value is -1.55. The number of carbonyl (C=O) groups is 1. The Morgan fingerprint density at radius 3 is 2.63 bits per heavy atom. The van der Waals surface area contributed by atoms with Crippen LogP contribution in [0.1, 0.15) is 31.9 Å². The Bertz CT molecular complexity index is 441. The van der Waals surface area contributed by atoms with Gasteiger partial charge in [0.15, 0.2) is 0 Å². The highest BCUT2D eigenvalue weighted by atomic mass is 16.5. The average molecular weight is 265 g/mol. The van der Waals surface area contributed by atoms with E-state index in [1.165, 1.54) is 5.56 Å². The van der Waals surface area contributed by atoms with Crippen molar-refractivity contribution in [1.82, 2.24) is 5.32 Å². The SMILES string of the molecule is CCc1ccc(OC)c(CNCC(C)(C)C(=O)O)c1. The molecule has 1 aromatic rings. The van der Waals surface area contributed by atoms with E-state index in [9.17, 15) is 4.79 Å². The van der Waals surface area contributed by atoms with Crippen LogP contribution in [0, 0.1) is 5.41 Å². The summed E-state index contributed by atoms with van der Waals surface area (Å²) in [4.78, 5) is 11.0. The minimum Gasteiger partial charge on any atom is -0.496 e. The Morgan fingerprint density at radius 1 is 1.42 bits per heavy atom. The molecule has 0 bridgehead atoms. The second-order valence-electron chi connectivity index (χ2n) is 5.29. The summed E-state index contributed by atoms with van der Waals surface area (Å²) in [6.45, 7) is 6.55. The highest BCUT2D eigenvalue weighted by molar-refractivity contribution is 5.73. The molecule has 0 unspecified atom stereocenters. The van der Waals surface area contributed by atoms with Crippen molar-refractivity contribution in [3.05, 3.63) is 29.3 Å². The number of benzene rings is 1. The van der Waals surface area contributed by atoms with Crippen LogP contribution in [-0.2, 0) is 17.8 Å². The molecule has 0 aliphatic carbocycles. The van der Waals surface area contributed by atoms with Gasteiger partial charge < -0.3 is 15.2 Å². The van der Waals surface area contributed by atoms with Gasteiger partial charge in [-0.25, -0.2) is 0 Å². The van der Waals surface area contributed by atoms with Gasteiger partial charge in [0, 0.05) is 18.7 Å². The molecular formula is C15H23NO3. The minimum absolute atomic E-state index is 0.418. The molecule has 0 fully saturated rings. The van der Waals surface area contributed by atoms with Crippen molar-refractivity contribution in [3.63, 3.8) is 0 Å². The summed E-state index contributed by atoms with van der Waals surface area (Å²) >= 11 is 0. The standard InChI is InChI=1S/C15H23NO3/c1-5-11-6-7-13(19-4)12(8-11)9-16-10-15(2,3)14(17)18/h6-8,16H,5,9-10H2,1-4H3,(H,17,18). The quantitative estimate of drug-likeness (QED) is 0.795. The zero-order valence-electron chi connectivity index (χ0n) is 12.1. The van der Waals surface area contributed by atoms with E-state index in [-0.39, 0.29) is 0 Å². The van der Waals surface area contributed by atoms with E-state index < -0.39 is 11.4 Å². The second-order valence-corrected chi connectivity index (χ2v) is 5.29. The van der Waals surface area contributed by atoms with E-state index in [2.05, 4.69) is 18.3 Å². The van der Waals surface area contributed by atoms with Gasteiger partial charge in [-0.3, -0.25) is 4.79 Å². The van der Waals surface area contributed by atoms with Crippen LogP contribution in [-0.4, -0.2) is 24.7 Å². The molecule has 0 aromatic heterocycles. The van der Waals surface area contributed by atoms with Gasteiger partial charge in [-0.2, -0.15) is 0 Å². The highest BCUT2D eigenvalue weighted by Gasteiger charge is 2.26. The van der Waals surface area contributed by atoms with Gasteiger partial charge in [0.25, 0.3) is 0 Å².